The van der Waals surface area contributed by atoms with Crippen LogP contribution in [0.5, 0.6) is 0 Å². The molecule has 0 fully saturated rings. The molecule has 0 amide bonds. The number of nitro benzene ring substituents is 1. The molecule has 3 aromatic rings. The SMILES string of the molecule is O=[N+]([O-])c1ccc(-c2cnn3c(Cl)c4c(nc23)CCC4)cc1. The maximum Gasteiger partial charge on any atom is 0.269 e. The van der Waals surface area contributed by atoms with Crippen LogP contribution in [0.25, 0.3) is 16.8 Å². The van der Waals surface area contributed by atoms with Crippen molar-refractivity contribution in [2.75, 3.05) is 0 Å². The molecule has 1 aliphatic rings. The van der Waals surface area contributed by atoms with Crippen molar-refractivity contribution in [3.63, 3.8) is 0 Å². The minimum absolute atomic E-state index is 0.0621. The Morgan fingerprint density at radius 1 is 1.23 bits per heavy atom. The molecule has 0 saturated heterocycles. The molecular formula is C15H11ClN4O2. The van der Waals surface area contributed by atoms with Crippen molar-refractivity contribution in [3.8, 4) is 11.1 Å². The molecule has 2 aromatic heterocycles. The van der Waals surface area contributed by atoms with Crippen LogP contribution in [0.3, 0.4) is 0 Å². The van der Waals surface area contributed by atoms with Crippen molar-refractivity contribution in [2.24, 2.45) is 0 Å². The number of fused-ring (bicyclic) bond motifs is 2. The van der Waals surface area contributed by atoms with E-state index in [-0.39, 0.29) is 5.69 Å². The normalized spacial score (nSPS) is 13.5. The zero-order valence-electron chi connectivity index (χ0n) is 11.5. The van der Waals surface area contributed by atoms with Crippen LogP contribution in [-0.2, 0) is 12.8 Å². The zero-order valence-corrected chi connectivity index (χ0v) is 12.2. The van der Waals surface area contributed by atoms with Gasteiger partial charge < -0.3 is 0 Å². The predicted octanol–water partition coefficient (Wildman–Crippen LogP) is 3.45. The van der Waals surface area contributed by atoms with Gasteiger partial charge in [-0.3, -0.25) is 10.1 Å². The van der Waals surface area contributed by atoms with Gasteiger partial charge in [0.2, 0.25) is 0 Å². The second kappa shape index (κ2) is 4.78. The van der Waals surface area contributed by atoms with E-state index in [4.69, 9.17) is 16.6 Å². The van der Waals surface area contributed by atoms with Gasteiger partial charge in [0.15, 0.2) is 5.65 Å². The summed E-state index contributed by atoms with van der Waals surface area (Å²) in [6.07, 6.45) is 4.62. The van der Waals surface area contributed by atoms with Gasteiger partial charge in [-0.25, -0.2) is 9.50 Å². The van der Waals surface area contributed by atoms with Crippen LogP contribution >= 0.6 is 11.6 Å². The fraction of sp³-hybridized carbons (Fsp3) is 0.200. The summed E-state index contributed by atoms with van der Waals surface area (Å²) >= 11 is 6.43. The third kappa shape index (κ3) is 1.88. The van der Waals surface area contributed by atoms with Crippen LogP contribution in [0.2, 0.25) is 5.15 Å². The van der Waals surface area contributed by atoms with E-state index >= 15 is 0 Å². The highest BCUT2D eigenvalue weighted by Gasteiger charge is 2.21. The highest BCUT2D eigenvalue weighted by atomic mass is 35.5. The van der Waals surface area contributed by atoms with E-state index in [0.29, 0.717) is 10.8 Å². The maximum absolute atomic E-state index is 10.7. The van der Waals surface area contributed by atoms with Crippen LogP contribution in [0.15, 0.2) is 30.5 Å². The van der Waals surface area contributed by atoms with E-state index in [1.165, 1.54) is 12.1 Å². The molecule has 4 rings (SSSR count). The van der Waals surface area contributed by atoms with Crippen LogP contribution in [0.4, 0.5) is 5.69 Å². The molecule has 6 nitrogen and oxygen atoms in total. The average molecular weight is 315 g/mol. The summed E-state index contributed by atoms with van der Waals surface area (Å²) < 4.78 is 1.64. The first kappa shape index (κ1) is 13.2. The molecule has 0 saturated carbocycles. The van der Waals surface area contributed by atoms with E-state index in [9.17, 15) is 10.1 Å². The Morgan fingerprint density at radius 3 is 2.73 bits per heavy atom. The van der Waals surface area contributed by atoms with Crippen molar-refractivity contribution in [1.82, 2.24) is 14.6 Å². The van der Waals surface area contributed by atoms with Crippen molar-refractivity contribution < 1.29 is 4.92 Å². The van der Waals surface area contributed by atoms with Crippen molar-refractivity contribution in [2.45, 2.75) is 19.3 Å². The summed E-state index contributed by atoms with van der Waals surface area (Å²) in [4.78, 5) is 15.0. The Labute approximate surface area is 130 Å². The molecule has 2 heterocycles. The lowest BCUT2D eigenvalue weighted by Crippen LogP contribution is -1.99. The fourth-order valence-corrected chi connectivity index (χ4v) is 3.22. The molecule has 0 N–H and O–H groups in total. The number of hydrogen-bond donors (Lipinski definition) is 0. The second-order valence-electron chi connectivity index (χ2n) is 5.28. The van der Waals surface area contributed by atoms with Crippen molar-refractivity contribution in [3.05, 3.63) is 57.0 Å². The predicted molar refractivity (Wildman–Crippen MR) is 82.1 cm³/mol. The number of nitro groups is 1. The molecule has 0 bridgehead atoms. The number of hydrogen-bond acceptors (Lipinski definition) is 4. The summed E-state index contributed by atoms with van der Waals surface area (Å²) in [5.41, 5.74) is 4.52. The van der Waals surface area contributed by atoms with Gasteiger partial charge in [0.05, 0.1) is 11.1 Å². The Morgan fingerprint density at radius 2 is 2.00 bits per heavy atom. The lowest BCUT2D eigenvalue weighted by molar-refractivity contribution is -0.384. The molecule has 1 aliphatic carbocycles. The van der Waals surface area contributed by atoms with E-state index in [0.717, 1.165) is 41.6 Å². The number of nitrogens with zero attached hydrogens (tertiary/aromatic N) is 4. The number of aryl methyl sites for hydroxylation is 1. The molecule has 0 aliphatic heterocycles. The second-order valence-corrected chi connectivity index (χ2v) is 5.64. The maximum atomic E-state index is 10.7. The number of aromatic nitrogens is 3. The van der Waals surface area contributed by atoms with E-state index in [1.807, 2.05) is 0 Å². The van der Waals surface area contributed by atoms with Gasteiger partial charge in [0.1, 0.15) is 5.15 Å². The third-order valence-electron chi connectivity index (χ3n) is 4.00. The van der Waals surface area contributed by atoms with E-state index in [1.54, 1.807) is 22.8 Å². The van der Waals surface area contributed by atoms with E-state index in [2.05, 4.69) is 5.10 Å². The minimum atomic E-state index is -0.415. The quantitative estimate of drug-likeness (QED) is 0.412. The molecular weight excluding hydrogens is 304 g/mol. The molecule has 0 radical (unpaired) electrons. The summed E-state index contributed by atoms with van der Waals surface area (Å²) in [6, 6.07) is 6.37. The summed E-state index contributed by atoms with van der Waals surface area (Å²) in [7, 11) is 0. The lowest BCUT2D eigenvalue weighted by Gasteiger charge is -2.05. The molecule has 110 valence electrons. The molecule has 0 spiro atoms. The van der Waals surface area contributed by atoms with Gasteiger partial charge in [-0.05, 0) is 37.0 Å². The Hall–Kier alpha value is -2.47. The van der Waals surface area contributed by atoms with Crippen molar-refractivity contribution >= 4 is 22.9 Å². The van der Waals surface area contributed by atoms with Crippen LogP contribution in [0.1, 0.15) is 17.7 Å². The Balaban J connectivity index is 1.89. The van der Waals surface area contributed by atoms with Gasteiger partial charge in [0, 0.05) is 29.0 Å². The van der Waals surface area contributed by atoms with Crippen LogP contribution < -0.4 is 0 Å². The Bertz CT molecular complexity index is 902. The first-order chi connectivity index (χ1) is 10.6. The average Bonchev–Trinajstić information content (AvgIpc) is 3.14. The van der Waals surface area contributed by atoms with E-state index < -0.39 is 4.92 Å². The summed E-state index contributed by atoms with van der Waals surface area (Å²) in [6.45, 7) is 0. The van der Waals surface area contributed by atoms with Gasteiger partial charge in [-0.2, -0.15) is 5.10 Å². The smallest absolute Gasteiger partial charge is 0.258 e. The van der Waals surface area contributed by atoms with Crippen molar-refractivity contribution in [1.29, 1.82) is 0 Å². The van der Waals surface area contributed by atoms with Gasteiger partial charge in [0.25, 0.3) is 5.69 Å². The van der Waals surface area contributed by atoms with Gasteiger partial charge in [-0.1, -0.05) is 11.6 Å². The fourth-order valence-electron chi connectivity index (χ4n) is 2.89. The monoisotopic (exact) mass is 314 g/mol. The number of halogens is 1. The highest BCUT2D eigenvalue weighted by molar-refractivity contribution is 6.30. The highest BCUT2D eigenvalue weighted by Crippen LogP contribution is 2.32. The topological polar surface area (TPSA) is 73.3 Å². The number of rotatable bonds is 2. The first-order valence-electron chi connectivity index (χ1n) is 6.95. The molecule has 0 atom stereocenters. The van der Waals surface area contributed by atoms with Crippen LogP contribution in [0, 0.1) is 10.1 Å². The number of non-ortho nitro benzene ring substituents is 1. The minimum Gasteiger partial charge on any atom is -0.258 e. The summed E-state index contributed by atoms with van der Waals surface area (Å²) in [5.74, 6) is 0. The molecule has 7 heteroatoms. The lowest BCUT2D eigenvalue weighted by atomic mass is 10.1. The zero-order chi connectivity index (χ0) is 15.3. The van der Waals surface area contributed by atoms with Gasteiger partial charge >= 0.3 is 0 Å². The Kier molecular flexibility index (Phi) is 2.87. The first-order valence-corrected chi connectivity index (χ1v) is 7.33. The summed E-state index contributed by atoms with van der Waals surface area (Å²) in [5, 5.41) is 15.7. The molecule has 1 aromatic carbocycles. The van der Waals surface area contributed by atoms with Gasteiger partial charge in [-0.15, -0.1) is 0 Å². The number of benzene rings is 1. The largest absolute Gasteiger partial charge is 0.269 e. The standard InChI is InChI=1S/C15H11ClN4O2/c16-14-11-2-1-3-13(11)18-15-12(8-17-19(14)15)9-4-6-10(7-5-9)20(21)22/h4-8H,1-3H2. The van der Waals surface area contributed by atoms with Crippen LogP contribution in [-0.4, -0.2) is 19.5 Å². The molecule has 0 unspecified atom stereocenters. The molecule has 22 heavy (non-hydrogen) atoms. The third-order valence-corrected chi connectivity index (χ3v) is 4.39.